The summed E-state index contributed by atoms with van der Waals surface area (Å²) < 4.78 is 5.00. The van der Waals surface area contributed by atoms with Crippen molar-refractivity contribution in [3.8, 4) is 0 Å². The molecule has 4 amide bonds. The summed E-state index contributed by atoms with van der Waals surface area (Å²) in [4.78, 5) is 50.5. The fourth-order valence-corrected chi connectivity index (χ4v) is 5.52. The van der Waals surface area contributed by atoms with E-state index in [1.165, 1.54) is 18.4 Å². The Morgan fingerprint density at radius 1 is 1.26 bits per heavy atom. The van der Waals surface area contributed by atoms with Crippen LogP contribution in [0, 0.1) is 11.3 Å². The number of hydrogen-bond donors (Lipinski definition) is 2. The monoisotopic (exact) mass is 433 g/mol. The number of ether oxygens (including phenoxy) is 1. The van der Waals surface area contributed by atoms with Gasteiger partial charge >= 0.3 is 12.0 Å². The summed E-state index contributed by atoms with van der Waals surface area (Å²) in [6.45, 7) is 5.85. The highest BCUT2D eigenvalue weighted by Gasteiger charge is 2.56. The number of nitrogens with zero attached hydrogens (tertiary/aromatic N) is 1. The van der Waals surface area contributed by atoms with Gasteiger partial charge in [0.2, 0.25) is 0 Å². The van der Waals surface area contributed by atoms with Crippen LogP contribution < -0.4 is 10.6 Å². The Bertz CT molecular complexity index is 775. The zero-order chi connectivity index (χ0) is 22.6. The molecule has 1 heterocycles. The molecule has 8 heteroatoms. The standard InChI is InChI=1S/C23H35N3O5/c1-16-11-22(2,3)15-23(12-16)20(29)26(21(30)25-23)13-19(28)31-14-18(27)24-10-9-17-7-5-4-6-8-17/h7,16H,4-6,8-15H2,1-3H3,(H,24,27)(H,25,30)/t16-,23-/m1/s1. The molecule has 1 saturated heterocycles. The first-order valence-electron chi connectivity index (χ1n) is 11.3. The van der Waals surface area contributed by atoms with Crippen LogP contribution in [0.4, 0.5) is 4.79 Å². The summed E-state index contributed by atoms with van der Waals surface area (Å²) in [5, 5.41) is 5.57. The quantitative estimate of drug-likeness (QED) is 0.365. The number of rotatable bonds is 7. The Hall–Kier alpha value is -2.38. The van der Waals surface area contributed by atoms with Gasteiger partial charge in [-0.15, -0.1) is 0 Å². The van der Waals surface area contributed by atoms with Crippen LogP contribution in [0.3, 0.4) is 0 Å². The first-order chi connectivity index (χ1) is 14.6. The lowest BCUT2D eigenvalue weighted by atomic mass is 9.64. The van der Waals surface area contributed by atoms with Gasteiger partial charge in [0.15, 0.2) is 6.61 Å². The fourth-order valence-electron chi connectivity index (χ4n) is 5.52. The Kier molecular flexibility index (Phi) is 7.06. The van der Waals surface area contributed by atoms with Crippen LogP contribution in [0.2, 0.25) is 0 Å². The molecule has 1 aliphatic heterocycles. The molecular weight excluding hydrogens is 398 g/mol. The maximum absolute atomic E-state index is 13.0. The van der Waals surface area contributed by atoms with Gasteiger partial charge in [-0.1, -0.05) is 32.4 Å². The Balaban J connectivity index is 1.44. The minimum atomic E-state index is -0.955. The molecule has 0 bridgehead atoms. The van der Waals surface area contributed by atoms with Crippen LogP contribution in [0.15, 0.2) is 11.6 Å². The third-order valence-electron chi connectivity index (χ3n) is 6.43. The molecule has 2 atom stereocenters. The molecule has 1 saturated carbocycles. The van der Waals surface area contributed by atoms with E-state index >= 15 is 0 Å². The van der Waals surface area contributed by atoms with Crippen LogP contribution in [-0.4, -0.2) is 54.0 Å². The number of urea groups is 1. The smallest absolute Gasteiger partial charge is 0.326 e. The second-order valence-corrected chi connectivity index (χ2v) is 10.1. The normalized spacial score (nSPS) is 27.6. The van der Waals surface area contributed by atoms with E-state index < -0.39 is 30.7 Å². The van der Waals surface area contributed by atoms with Crippen molar-refractivity contribution in [3.63, 3.8) is 0 Å². The number of esters is 1. The SMILES string of the molecule is C[C@@H]1CC(C)(C)C[C@@]2(C1)NC(=O)N(CC(=O)OCC(=O)NCCC1=CCCCC1)C2=O. The second kappa shape index (κ2) is 9.40. The summed E-state index contributed by atoms with van der Waals surface area (Å²) in [6.07, 6.45) is 9.71. The number of amides is 4. The maximum Gasteiger partial charge on any atom is 0.326 e. The number of carbonyl (C=O) groups excluding carboxylic acids is 4. The average Bonchev–Trinajstić information content (AvgIpc) is 2.89. The molecule has 3 aliphatic rings. The van der Waals surface area contributed by atoms with E-state index in [0.717, 1.165) is 30.6 Å². The van der Waals surface area contributed by atoms with Gasteiger partial charge in [0.1, 0.15) is 12.1 Å². The third kappa shape index (κ3) is 5.86. The molecule has 2 N–H and O–H groups in total. The predicted molar refractivity (Wildman–Crippen MR) is 115 cm³/mol. The molecule has 0 aromatic rings. The molecule has 1 spiro atoms. The van der Waals surface area contributed by atoms with E-state index in [1.807, 2.05) is 0 Å². The van der Waals surface area contributed by atoms with Gasteiger partial charge < -0.3 is 15.4 Å². The van der Waals surface area contributed by atoms with Crippen molar-refractivity contribution in [1.82, 2.24) is 15.5 Å². The van der Waals surface area contributed by atoms with Gasteiger partial charge in [0, 0.05) is 6.54 Å². The minimum absolute atomic E-state index is 0.0805. The van der Waals surface area contributed by atoms with Gasteiger partial charge in [0.25, 0.3) is 11.8 Å². The number of hydrogen-bond acceptors (Lipinski definition) is 5. The first-order valence-corrected chi connectivity index (χ1v) is 11.3. The van der Waals surface area contributed by atoms with E-state index in [-0.39, 0.29) is 23.1 Å². The summed E-state index contributed by atoms with van der Waals surface area (Å²) in [7, 11) is 0. The molecule has 2 fully saturated rings. The van der Waals surface area contributed by atoms with Crippen LogP contribution in [0.25, 0.3) is 0 Å². The van der Waals surface area contributed by atoms with Crippen molar-refractivity contribution in [2.75, 3.05) is 19.7 Å². The third-order valence-corrected chi connectivity index (χ3v) is 6.43. The van der Waals surface area contributed by atoms with Crippen molar-refractivity contribution in [2.24, 2.45) is 11.3 Å². The number of imide groups is 1. The van der Waals surface area contributed by atoms with Crippen molar-refractivity contribution in [1.29, 1.82) is 0 Å². The molecule has 31 heavy (non-hydrogen) atoms. The summed E-state index contributed by atoms with van der Waals surface area (Å²) in [5.41, 5.74) is 0.323. The lowest BCUT2D eigenvalue weighted by Gasteiger charge is -2.43. The summed E-state index contributed by atoms with van der Waals surface area (Å²) >= 11 is 0. The molecule has 3 rings (SSSR count). The molecule has 0 unspecified atom stereocenters. The van der Waals surface area contributed by atoms with Gasteiger partial charge in [-0.3, -0.25) is 19.3 Å². The van der Waals surface area contributed by atoms with E-state index in [1.54, 1.807) is 0 Å². The topological polar surface area (TPSA) is 105 Å². The molecule has 0 aromatic heterocycles. The molecule has 0 radical (unpaired) electrons. The molecule has 0 aromatic carbocycles. The van der Waals surface area contributed by atoms with Crippen LogP contribution in [0.5, 0.6) is 0 Å². The highest BCUT2D eigenvalue weighted by Crippen LogP contribution is 2.46. The van der Waals surface area contributed by atoms with Gasteiger partial charge in [-0.25, -0.2) is 4.79 Å². The summed E-state index contributed by atoms with van der Waals surface area (Å²) in [5.74, 6) is -1.25. The lowest BCUT2D eigenvalue weighted by Crippen LogP contribution is -2.54. The first kappa shape index (κ1) is 23.3. The fraction of sp³-hybridized carbons (Fsp3) is 0.739. The highest BCUT2D eigenvalue weighted by molar-refractivity contribution is 6.08. The molecule has 8 nitrogen and oxygen atoms in total. The Morgan fingerprint density at radius 2 is 2.03 bits per heavy atom. The van der Waals surface area contributed by atoms with Crippen molar-refractivity contribution in [2.45, 2.75) is 77.7 Å². The van der Waals surface area contributed by atoms with Gasteiger partial charge in [-0.05, 0) is 62.7 Å². The van der Waals surface area contributed by atoms with E-state index in [0.29, 0.717) is 19.4 Å². The van der Waals surface area contributed by atoms with Crippen LogP contribution in [-0.2, 0) is 19.1 Å². The second-order valence-electron chi connectivity index (χ2n) is 10.1. The number of carbonyl (C=O) groups is 4. The largest absolute Gasteiger partial charge is 0.454 e. The van der Waals surface area contributed by atoms with Crippen molar-refractivity contribution in [3.05, 3.63) is 11.6 Å². The van der Waals surface area contributed by atoms with E-state index in [9.17, 15) is 19.2 Å². The van der Waals surface area contributed by atoms with Crippen LogP contribution in [0.1, 0.15) is 72.1 Å². The maximum atomic E-state index is 13.0. The van der Waals surface area contributed by atoms with Crippen LogP contribution >= 0.6 is 0 Å². The Morgan fingerprint density at radius 3 is 2.71 bits per heavy atom. The highest BCUT2D eigenvalue weighted by atomic mass is 16.5. The Labute approximate surface area is 184 Å². The summed E-state index contributed by atoms with van der Waals surface area (Å²) in [6, 6.07) is -0.572. The molecule has 2 aliphatic carbocycles. The average molecular weight is 434 g/mol. The van der Waals surface area contributed by atoms with E-state index in [2.05, 4.69) is 37.5 Å². The zero-order valence-electron chi connectivity index (χ0n) is 18.9. The van der Waals surface area contributed by atoms with Crippen molar-refractivity contribution < 1.29 is 23.9 Å². The number of allylic oxidation sites excluding steroid dienone is 1. The van der Waals surface area contributed by atoms with Crippen molar-refractivity contribution >= 4 is 23.8 Å². The van der Waals surface area contributed by atoms with E-state index in [4.69, 9.17) is 4.74 Å². The molecular formula is C23H35N3O5. The van der Waals surface area contributed by atoms with Gasteiger partial charge in [-0.2, -0.15) is 0 Å². The zero-order valence-corrected chi connectivity index (χ0v) is 18.9. The van der Waals surface area contributed by atoms with Gasteiger partial charge in [0.05, 0.1) is 0 Å². The lowest BCUT2D eigenvalue weighted by molar-refractivity contribution is -0.151. The number of nitrogens with one attached hydrogen (secondary N) is 2. The molecule has 172 valence electrons. The minimum Gasteiger partial charge on any atom is -0.454 e. The predicted octanol–water partition coefficient (Wildman–Crippen LogP) is 2.67.